The summed E-state index contributed by atoms with van der Waals surface area (Å²) in [5.74, 6) is 1.01. The summed E-state index contributed by atoms with van der Waals surface area (Å²) in [5, 5.41) is 18.1. The largest absolute Gasteiger partial charge is 0.452 e. The second kappa shape index (κ2) is 7.20. The van der Waals surface area contributed by atoms with Crippen LogP contribution in [0.1, 0.15) is 37.3 Å². The van der Waals surface area contributed by atoms with Crippen LogP contribution < -0.4 is 11.1 Å². The van der Waals surface area contributed by atoms with Gasteiger partial charge in [-0.15, -0.1) is 0 Å². The zero-order valence-electron chi connectivity index (χ0n) is 17.4. The molecular formula is C24H23N5O3. The highest BCUT2D eigenvalue weighted by molar-refractivity contribution is 6.01. The normalized spacial score (nSPS) is 20.5. The number of furan rings is 1. The van der Waals surface area contributed by atoms with Crippen LogP contribution in [0.25, 0.3) is 33.4 Å². The molecule has 1 aliphatic carbocycles. The minimum atomic E-state index is -0.195. The van der Waals surface area contributed by atoms with Gasteiger partial charge in [-0.05, 0) is 55.5 Å². The molecule has 4 aromatic rings. The van der Waals surface area contributed by atoms with E-state index in [-0.39, 0.29) is 12.0 Å². The Morgan fingerprint density at radius 1 is 1.12 bits per heavy atom. The number of rotatable bonds is 3. The van der Waals surface area contributed by atoms with Gasteiger partial charge in [0.05, 0.1) is 24.8 Å². The Morgan fingerprint density at radius 2 is 1.97 bits per heavy atom. The van der Waals surface area contributed by atoms with E-state index in [0.717, 1.165) is 59.0 Å². The Labute approximate surface area is 184 Å². The number of benzene rings is 1. The van der Waals surface area contributed by atoms with Crippen molar-refractivity contribution >= 4 is 28.4 Å². The average Bonchev–Trinajstić information content (AvgIpc) is 3.52. The Bertz CT molecular complexity index is 1350. The third-order valence-electron chi connectivity index (χ3n) is 6.56. The minimum Gasteiger partial charge on any atom is -0.452 e. The zero-order valence-corrected chi connectivity index (χ0v) is 17.4. The van der Waals surface area contributed by atoms with Crippen molar-refractivity contribution < 1.29 is 14.3 Å². The first-order chi connectivity index (χ1) is 15.5. The standard InChI is InChI=1S/C24H23N5O3/c25-24-23-18(9-21(32-23)13-1-6-20-14(7-13)8-22(31)28-20)19(11-26-24)15-10-27-29(12-15)16-2-4-17(30)5-3-16/h1,6-7,9-12,16-17,30H,2-5,8H2,(H2,25,26)(H,28,31)/t16-,17-. The van der Waals surface area contributed by atoms with Crippen LogP contribution in [-0.2, 0) is 11.2 Å². The number of amides is 1. The van der Waals surface area contributed by atoms with E-state index >= 15 is 0 Å². The molecule has 0 atom stereocenters. The van der Waals surface area contributed by atoms with Crippen molar-refractivity contribution in [3.05, 3.63) is 48.4 Å². The first kappa shape index (κ1) is 19.1. The summed E-state index contributed by atoms with van der Waals surface area (Å²) < 4.78 is 8.12. The summed E-state index contributed by atoms with van der Waals surface area (Å²) in [7, 11) is 0. The number of carbonyl (C=O) groups excluding carboxylic acids is 1. The molecule has 2 aliphatic rings. The van der Waals surface area contributed by atoms with Crippen LogP contribution >= 0.6 is 0 Å². The maximum atomic E-state index is 11.7. The molecule has 6 rings (SSSR count). The first-order valence-electron chi connectivity index (χ1n) is 10.9. The lowest BCUT2D eigenvalue weighted by molar-refractivity contribution is -0.115. The molecule has 162 valence electrons. The van der Waals surface area contributed by atoms with E-state index in [1.54, 1.807) is 6.20 Å². The van der Waals surface area contributed by atoms with Crippen LogP contribution in [0.15, 0.2) is 47.3 Å². The Balaban J connectivity index is 1.38. The van der Waals surface area contributed by atoms with Crippen LogP contribution in [0, 0.1) is 0 Å². The number of nitrogens with one attached hydrogen (secondary N) is 1. The van der Waals surface area contributed by atoms with E-state index in [0.29, 0.717) is 29.6 Å². The Morgan fingerprint density at radius 3 is 2.81 bits per heavy atom. The Kier molecular flexibility index (Phi) is 4.29. The molecule has 1 aromatic carbocycles. The van der Waals surface area contributed by atoms with Crippen LogP contribution in [0.4, 0.5) is 11.5 Å². The van der Waals surface area contributed by atoms with Gasteiger partial charge < -0.3 is 20.6 Å². The predicted octanol–water partition coefficient (Wildman–Crippen LogP) is 3.91. The van der Waals surface area contributed by atoms with Gasteiger partial charge in [-0.3, -0.25) is 9.48 Å². The second-order valence-corrected chi connectivity index (χ2v) is 8.68. The lowest BCUT2D eigenvalue weighted by Gasteiger charge is -2.25. The molecule has 8 heteroatoms. The molecule has 4 N–H and O–H groups in total. The van der Waals surface area contributed by atoms with Gasteiger partial charge in [-0.25, -0.2) is 4.98 Å². The number of hydrogen-bond donors (Lipinski definition) is 3. The van der Waals surface area contributed by atoms with E-state index in [2.05, 4.69) is 15.4 Å². The van der Waals surface area contributed by atoms with Gasteiger partial charge in [0.15, 0.2) is 11.4 Å². The number of carbonyl (C=O) groups is 1. The number of aliphatic hydroxyl groups excluding tert-OH is 1. The van der Waals surface area contributed by atoms with Gasteiger partial charge in [0.2, 0.25) is 5.91 Å². The van der Waals surface area contributed by atoms with E-state index < -0.39 is 0 Å². The summed E-state index contributed by atoms with van der Waals surface area (Å²) in [6, 6.07) is 8.08. The molecule has 1 saturated carbocycles. The van der Waals surface area contributed by atoms with Crippen molar-refractivity contribution in [3.8, 4) is 22.5 Å². The highest BCUT2D eigenvalue weighted by atomic mass is 16.3. The predicted molar refractivity (Wildman–Crippen MR) is 121 cm³/mol. The van der Waals surface area contributed by atoms with E-state index in [4.69, 9.17) is 10.2 Å². The topological polar surface area (TPSA) is 119 Å². The van der Waals surface area contributed by atoms with Crippen LogP contribution in [0.2, 0.25) is 0 Å². The molecule has 1 fully saturated rings. The van der Waals surface area contributed by atoms with Crippen LogP contribution in [0.5, 0.6) is 0 Å². The van der Waals surface area contributed by atoms with Gasteiger partial charge in [-0.1, -0.05) is 0 Å². The van der Waals surface area contributed by atoms with Gasteiger partial charge >= 0.3 is 0 Å². The van der Waals surface area contributed by atoms with Gasteiger partial charge in [0, 0.05) is 40.2 Å². The van der Waals surface area contributed by atoms with E-state index in [1.807, 2.05) is 41.3 Å². The molecule has 0 radical (unpaired) electrons. The van der Waals surface area contributed by atoms with E-state index in [9.17, 15) is 9.90 Å². The lowest BCUT2D eigenvalue weighted by atomic mass is 9.93. The third-order valence-corrected chi connectivity index (χ3v) is 6.56. The fourth-order valence-corrected chi connectivity index (χ4v) is 4.80. The van der Waals surface area contributed by atoms with Crippen molar-refractivity contribution in [3.63, 3.8) is 0 Å². The summed E-state index contributed by atoms with van der Waals surface area (Å²) in [6.45, 7) is 0. The Hall–Kier alpha value is -3.65. The molecule has 1 amide bonds. The van der Waals surface area contributed by atoms with Crippen molar-refractivity contribution in [2.45, 2.75) is 44.2 Å². The molecule has 0 unspecified atom stereocenters. The molecule has 0 bridgehead atoms. The fraction of sp³-hybridized carbons (Fsp3) is 0.292. The second-order valence-electron chi connectivity index (χ2n) is 8.68. The molecule has 0 spiro atoms. The molecule has 1 aliphatic heterocycles. The molecule has 32 heavy (non-hydrogen) atoms. The maximum Gasteiger partial charge on any atom is 0.228 e. The zero-order chi connectivity index (χ0) is 21.8. The summed E-state index contributed by atoms with van der Waals surface area (Å²) in [4.78, 5) is 16.0. The number of fused-ring (bicyclic) bond motifs is 2. The minimum absolute atomic E-state index is 0.00183. The fourth-order valence-electron chi connectivity index (χ4n) is 4.80. The highest BCUT2D eigenvalue weighted by Gasteiger charge is 2.23. The number of pyridine rings is 1. The number of aliphatic hydroxyl groups is 1. The monoisotopic (exact) mass is 429 g/mol. The summed E-state index contributed by atoms with van der Waals surface area (Å²) in [5.41, 5.74) is 11.2. The smallest absolute Gasteiger partial charge is 0.228 e. The molecule has 8 nitrogen and oxygen atoms in total. The maximum absolute atomic E-state index is 11.7. The van der Waals surface area contributed by atoms with Crippen molar-refractivity contribution in [2.24, 2.45) is 0 Å². The van der Waals surface area contributed by atoms with E-state index in [1.165, 1.54) is 0 Å². The van der Waals surface area contributed by atoms with Crippen LogP contribution in [-0.4, -0.2) is 31.9 Å². The molecular weight excluding hydrogens is 406 g/mol. The summed E-state index contributed by atoms with van der Waals surface area (Å²) >= 11 is 0. The first-order valence-corrected chi connectivity index (χ1v) is 10.9. The number of aromatic nitrogens is 3. The molecule has 3 aromatic heterocycles. The lowest BCUT2D eigenvalue weighted by Crippen LogP contribution is -2.21. The van der Waals surface area contributed by atoms with Crippen LogP contribution in [0.3, 0.4) is 0 Å². The van der Waals surface area contributed by atoms with Crippen molar-refractivity contribution in [2.75, 3.05) is 11.1 Å². The van der Waals surface area contributed by atoms with Gasteiger partial charge in [0.25, 0.3) is 0 Å². The van der Waals surface area contributed by atoms with Gasteiger partial charge in [0.1, 0.15) is 5.76 Å². The summed E-state index contributed by atoms with van der Waals surface area (Å²) in [6.07, 6.45) is 9.27. The number of nitrogens with two attached hydrogens (primary N) is 1. The van der Waals surface area contributed by atoms with Crippen molar-refractivity contribution in [1.82, 2.24) is 14.8 Å². The SMILES string of the molecule is Nc1ncc(-c2cnn([C@H]3CC[C@H](O)CC3)c2)c2cc(-c3ccc4c(c3)CC(=O)N4)oc12. The third kappa shape index (κ3) is 3.15. The van der Waals surface area contributed by atoms with Gasteiger partial charge in [-0.2, -0.15) is 5.10 Å². The molecule has 0 saturated heterocycles. The quantitative estimate of drug-likeness (QED) is 0.454. The number of anilines is 2. The molecule has 4 heterocycles. The number of nitrogens with zero attached hydrogens (tertiary/aromatic N) is 3. The van der Waals surface area contributed by atoms with Crippen molar-refractivity contribution in [1.29, 1.82) is 0 Å². The highest BCUT2D eigenvalue weighted by Crippen LogP contribution is 2.38. The average molecular weight is 429 g/mol. The number of nitrogen functional groups attached to an aromatic ring is 1. The number of hydrogen-bond acceptors (Lipinski definition) is 6.